The first kappa shape index (κ1) is 18.1. The number of aryl methyl sites for hydroxylation is 1. The molecule has 142 valence electrons. The average molecular weight is 373 g/mol. The summed E-state index contributed by atoms with van der Waals surface area (Å²) in [5.74, 6) is 0.806. The van der Waals surface area contributed by atoms with E-state index in [2.05, 4.69) is 10.6 Å². The number of benzene rings is 2. The number of hydrogen-bond acceptors (Lipinski definition) is 3. The Balaban J connectivity index is 1.73. The molecule has 5 heteroatoms. The Morgan fingerprint density at radius 3 is 2.57 bits per heavy atom. The Morgan fingerprint density at radius 1 is 1.25 bits per heavy atom. The van der Waals surface area contributed by atoms with E-state index in [1.165, 1.54) is 0 Å². The molecule has 0 saturated heterocycles. The van der Waals surface area contributed by atoms with Crippen molar-refractivity contribution in [2.75, 3.05) is 7.11 Å². The van der Waals surface area contributed by atoms with Gasteiger partial charge in [0.1, 0.15) is 5.75 Å². The summed E-state index contributed by atoms with van der Waals surface area (Å²) in [6.07, 6.45) is 2.07. The van der Waals surface area contributed by atoms with Gasteiger partial charge in [-0.25, -0.2) is 0 Å². The molecule has 3 aromatic rings. The largest absolute Gasteiger partial charge is 0.497 e. The average Bonchev–Trinajstić information content (AvgIpc) is 3.53. The van der Waals surface area contributed by atoms with Gasteiger partial charge in [0, 0.05) is 36.2 Å². The van der Waals surface area contributed by atoms with Gasteiger partial charge in [0.05, 0.1) is 24.3 Å². The third kappa shape index (κ3) is 3.11. The van der Waals surface area contributed by atoms with Crippen LogP contribution in [-0.4, -0.2) is 28.5 Å². The predicted octanol–water partition coefficient (Wildman–Crippen LogP) is 4.17. The molecular weight excluding hydrogens is 350 g/mol. The quantitative estimate of drug-likeness (QED) is 0.674. The first-order valence-electron chi connectivity index (χ1n) is 9.46. The van der Waals surface area contributed by atoms with Crippen molar-refractivity contribution in [3.05, 3.63) is 64.8 Å². The van der Waals surface area contributed by atoms with E-state index in [4.69, 9.17) is 10.00 Å². The lowest BCUT2D eigenvalue weighted by molar-refractivity contribution is 0.0731. The van der Waals surface area contributed by atoms with Gasteiger partial charge in [-0.05, 0) is 55.7 Å². The molecule has 5 nitrogen and oxygen atoms in total. The molecule has 0 N–H and O–H groups in total. The molecule has 1 fully saturated rings. The molecule has 1 aliphatic carbocycles. The zero-order chi connectivity index (χ0) is 19.8. The van der Waals surface area contributed by atoms with Crippen LogP contribution in [-0.2, 0) is 13.6 Å². The van der Waals surface area contributed by atoms with Crippen molar-refractivity contribution >= 4 is 16.8 Å². The molecule has 0 unspecified atom stereocenters. The van der Waals surface area contributed by atoms with Crippen molar-refractivity contribution < 1.29 is 9.53 Å². The Labute approximate surface area is 164 Å². The van der Waals surface area contributed by atoms with Crippen molar-refractivity contribution in [3.63, 3.8) is 0 Å². The van der Waals surface area contributed by atoms with E-state index in [0.717, 1.165) is 46.3 Å². The summed E-state index contributed by atoms with van der Waals surface area (Å²) in [5.41, 5.74) is 4.39. The fourth-order valence-electron chi connectivity index (χ4n) is 3.73. The third-order valence-electron chi connectivity index (χ3n) is 5.60. The predicted molar refractivity (Wildman–Crippen MR) is 108 cm³/mol. The highest BCUT2D eigenvalue weighted by Gasteiger charge is 2.35. The minimum Gasteiger partial charge on any atom is -0.497 e. The zero-order valence-corrected chi connectivity index (χ0v) is 16.4. The van der Waals surface area contributed by atoms with Gasteiger partial charge in [-0.2, -0.15) is 5.26 Å². The lowest BCUT2D eigenvalue weighted by Crippen LogP contribution is -2.33. The number of carbonyl (C=O) groups excluding carboxylic acids is 1. The monoisotopic (exact) mass is 373 g/mol. The number of methoxy groups -OCH3 is 1. The van der Waals surface area contributed by atoms with Crippen LogP contribution in [0.25, 0.3) is 10.9 Å². The molecule has 0 radical (unpaired) electrons. The summed E-state index contributed by atoms with van der Waals surface area (Å²) in [6, 6.07) is 15.8. The van der Waals surface area contributed by atoms with Crippen LogP contribution in [0.1, 0.15) is 40.0 Å². The minimum absolute atomic E-state index is 0.0585. The highest BCUT2D eigenvalue weighted by Crippen LogP contribution is 2.34. The Hall–Kier alpha value is -3.26. The second kappa shape index (κ2) is 7.05. The van der Waals surface area contributed by atoms with Gasteiger partial charge < -0.3 is 14.2 Å². The molecule has 1 aromatic heterocycles. The number of fused-ring (bicyclic) bond motifs is 1. The normalized spacial score (nSPS) is 13.4. The van der Waals surface area contributed by atoms with Gasteiger partial charge in [-0.1, -0.05) is 12.1 Å². The first-order valence-corrected chi connectivity index (χ1v) is 9.46. The molecular formula is C23H23N3O2. The fourth-order valence-corrected chi connectivity index (χ4v) is 3.73. The van der Waals surface area contributed by atoms with E-state index >= 15 is 0 Å². The molecule has 1 aliphatic rings. The van der Waals surface area contributed by atoms with E-state index in [1.807, 2.05) is 49.2 Å². The van der Waals surface area contributed by atoms with Crippen LogP contribution in [0.3, 0.4) is 0 Å². The molecule has 0 atom stereocenters. The number of aromatic nitrogens is 1. The second-order valence-corrected chi connectivity index (χ2v) is 7.38. The van der Waals surface area contributed by atoms with Gasteiger partial charge in [0.15, 0.2) is 0 Å². The van der Waals surface area contributed by atoms with Crippen molar-refractivity contribution in [1.29, 1.82) is 5.26 Å². The van der Waals surface area contributed by atoms with Crippen molar-refractivity contribution in [3.8, 4) is 11.8 Å². The molecule has 0 bridgehead atoms. The summed E-state index contributed by atoms with van der Waals surface area (Å²) < 4.78 is 7.45. The number of nitriles is 1. The molecule has 4 rings (SSSR count). The van der Waals surface area contributed by atoms with Crippen LogP contribution >= 0.6 is 0 Å². The maximum Gasteiger partial charge on any atom is 0.256 e. The van der Waals surface area contributed by atoms with Gasteiger partial charge in [0.25, 0.3) is 5.91 Å². The van der Waals surface area contributed by atoms with E-state index in [-0.39, 0.29) is 11.9 Å². The maximum atomic E-state index is 13.6. The summed E-state index contributed by atoms with van der Waals surface area (Å²) in [6.45, 7) is 2.54. The first-order chi connectivity index (χ1) is 13.5. The number of hydrogen-bond donors (Lipinski definition) is 0. The standard InChI is InChI=1S/C23H23N3O2/c1-15-22(20-12-19(28-3)10-11-21(20)25(15)2)23(27)26(18-8-9-18)14-17-6-4-16(13-24)5-7-17/h4-7,10-12,18H,8-9,14H2,1-3H3. The van der Waals surface area contributed by atoms with Crippen LogP contribution in [0.5, 0.6) is 5.75 Å². The van der Waals surface area contributed by atoms with Gasteiger partial charge in [-0.3, -0.25) is 4.79 Å². The van der Waals surface area contributed by atoms with Crippen LogP contribution in [0.15, 0.2) is 42.5 Å². The van der Waals surface area contributed by atoms with Crippen molar-refractivity contribution in [2.24, 2.45) is 7.05 Å². The smallest absolute Gasteiger partial charge is 0.256 e. The molecule has 0 spiro atoms. The van der Waals surface area contributed by atoms with Gasteiger partial charge >= 0.3 is 0 Å². The van der Waals surface area contributed by atoms with E-state index < -0.39 is 0 Å². The Bertz CT molecular complexity index is 1090. The van der Waals surface area contributed by atoms with Crippen molar-refractivity contribution in [2.45, 2.75) is 32.4 Å². The number of nitrogens with zero attached hydrogens (tertiary/aromatic N) is 3. The van der Waals surface area contributed by atoms with E-state index in [1.54, 1.807) is 19.2 Å². The topological polar surface area (TPSA) is 58.3 Å². The molecule has 1 heterocycles. The second-order valence-electron chi connectivity index (χ2n) is 7.38. The Morgan fingerprint density at radius 2 is 1.96 bits per heavy atom. The fraction of sp³-hybridized carbons (Fsp3) is 0.304. The Kier molecular flexibility index (Phi) is 4.56. The SMILES string of the molecule is COc1ccc2c(c1)c(C(=O)N(Cc1ccc(C#N)cc1)C1CC1)c(C)n2C. The van der Waals surface area contributed by atoms with E-state index in [9.17, 15) is 4.79 Å². The van der Waals surface area contributed by atoms with Gasteiger partial charge in [0.2, 0.25) is 0 Å². The number of carbonyl (C=O) groups is 1. The number of ether oxygens (including phenoxy) is 1. The molecule has 0 aliphatic heterocycles. The summed E-state index contributed by atoms with van der Waals surface area (Å²) >= 11 is 0. The van der Waals surface area contributed by atoms with E-state index in [0.29, 0.717) is 12.1 Å². The van der Waals surface area contributed by atoms with Crippen molar-refractivity contribution in [1.82, 2.24) is 9.47 Å². The molecule has 1 amide bonds. The molecule has 28 heavy (non-hydrogen) atoms. The molecule has 1 saturated carbocycles. The minimum atomic E-state index is 0.0585. The maximum absolute atomic E-state index is 13.6. The lowest BCUT2D eigenvalue weighted by Gasteiger charge is -2.23. The summed E-state index contributed by atoms with van der Waals surface area (Å²) in [5, 5.41) is 9.92. The zero-order valence-electron chi connectivity index (χ0n) is 16.4. The van der Waals surface area contributed by atoms with Crippen LogP contribution in [0.4, 0.5) is 0 Å². The highest BCUT2D eigenvalue weighted by molar-refractivity contribution is 6.09. The number of amides is 1. The summed E-state index contributed by atoms with van der Waals surface area (Å²) in [7, 11) is 3.63. The van der Waals surface area contributed by atoms with Crippen LogP contribution in [0, 0.1) is 18.3 Å². The number of rotatable bonds is 5. The third-order valence-corrected chi connectivity index (χ3v) is 5.60. The van der Waals surface area contributed by atoms with Crippen LogP contribution < -0.4 is 4.74 Å². The van der Waals surface area contributed by atoms with Crippen LogP contribution in [0.2, 0.25) is 0 Å². The lowest BCUT2D eigenvalue weighted by atomic mass is 10.1. The van der Waals surface area contributed by atoms with Gasteiger partial charge in [-0.15, -0.1) is 0 Å². The highest BCUT2D eigenvalue weighted by atomic mass is 16.5. The molecule has 2 aromatic carbocycles. The summed E-state index contributed by atoms with van der Waals surface area (Å²) in [4.78, 5) is 15.6.